The Bertz CT molecular complexity index is 15.1. The molecule has 0 aromatic carbocycles. The molecular formula is C2H10OSi2. The van der Waals surface area contributed by atoms with Crippen LogP contribution in [0.3, 0.4) is 0 Å². The van der Waals surface area contributed by atoms with Crippen molar-refractivity contribution in [1.82, 2.24) is 0 Å². The van der Waals surface area contributed by atoms with E-state index in [4.69, 9.17) is 4.12 Å². The summed E-state index contributed by atoms with van der Waals surface area (Å²) in [6, 6.07) is 0. The zero-order valence-electron chi connectivity index (χ0n) is 3.82. The molecule has 0 aliphatic carbocycles. The van der Waals surface area contributed by atoms with Crippen LogP contribution < -0.4 is 0 Å². The molecule has 0 fully saturated rings. The molecule has 0 aliphatic rings. The molecule has 0 unspecified atom stereocenters. The normalized spacial score (nSPS) is 13.2. The van der Waals surface area contributed by atoms with Crippen LogP contribution in [-0.2, 0) is 4.12 Å². The predicted octanol–water partition coefficient (Wildman–Crippen LogP) is -0.733. The van der Waals surface area contributed by atoms with Crippen LogP contribution in [0.4, 0.5) is 0 Å². The maximum Gasteiger partial charge on any atom is 0.142 e. The zero-order chi connectivity index (χ0) is 4.12. The fraction of sp³-hybridized carbons (Fsp3) is 1.00. The molecule has 1 nitrogen and oxygen atoms in total. The van der Waals surface area contributed by atoms with Gasteiger partial charge in [0, 0.05) is 0 Å². The topological polar surface area (TPSA) is 9.23 Å². The van der Waals surface area contributed by atoms with Gasteiger partial charge in [-0.2, -0.15) is 0 Å². The molecule has 5 heavy (non-hydrogen) atoms. The van der Waals surface area contributed by atoms with Gasteiger partial charge in [-0.3, -0.25) is 0 Å². The highest BCUT2D eigenvalue weighted by Gasteiger charge is 1.67. The van der Waals surface area contributed by atoms with E-state index in [0.717, 1.165) is 0 Å². The van der Waals surface area contributed by atoms with E-state index >= 15 is 0 Å². The van der Waals surface area contributed by atoms with E-state index in [1.165, 1.54) is 0 Å². The number of hydrogen-bond donors (Lipinski definition) is 0. The first kappa shape index (κ1) is 5.39. The summed E-state index contributed by atoms with van der Waals surface area (Å²) < 4.78 is 5.11. The molecule has 0 aromatic heterocycles. The first-order valence-electron chi connectivity index (χ1n) is 1.99. The standard InChI is InChI=1S/C2H10OSi2/c1-4-3-5-2/h4-5H2,1-2H3. The van der Waals surface area contributed by atoms with Crippen LogP contribution in [0.1, 0.15) is 0 Å². The molecule has 0 amide bonds. The van der Waals surface area contributed by atoms with Gasteiger partial charge in [-0.15, -0.1) is 0 Å². The molecule has 3 heteroatoms. The second kappa shape index (κ2) is 4.39. The monoisotopic (exact) mass is 106 g/mol. The molecule has 0 aliphatic heterocycles. The number of hydrogen-bond acceptors (Lipinski definition) is 1. The third kappa shape index (κ3) is 4.39. The van der Waals surface area contributed by atoms with E-state index in [-0.39, 0.29) is 19.5 Å². The molecule has 0 radical (unpaired) electrons. The minimum absolute atomic E-state index is 0.0243. The van der Waals surface area contributed by atoms with Crippen LogP contribution >= 0.6 is 0 Å². The smallest absolute Gasteiger partial charge is 0.142 e. The molecule has 0 N–H and O–H groups in total. The van der Waals surface area contributed by atoms with Crippen molar-refractivity contribution in [1.29, 1.82) is 0 Å². The van der Waals surface area contributed by atoms with Crippen molar-refractivity contribution < 1.29 is 4.12 Å². The lowest BCUT2D eigenvalue weighted by Gasteiger charge is -1.85. The zero-order valence-corrected chi connectivity index (χ0v) is 6.65. The Morgan fingerprint density at radius 2 is 1.60 bits per heavy atom. The summed E-state index contributed by atoms with van der Waals surface area (Å²) in [6.07, 6.45) is 0. The molecule has 0 atom stereocenters. The Labute approximate surface area is 37.6 Å². The summed E-state index contributed by atoms with van der Waals surface area (Å²) >= 11 is 0. The van der Waals surface area contributed by atoms with E-state index in [0.29, 0.717) is 0 Å². The average molecular weight is 106 g/mol. The summed E-state index contributed by atoms with van der Waals surface area (Å²) in [5, 5.41) is 0. The minimum atomic E-state index is -0.0243. The fourth-order valence-corrected chi connectivity index (χ4v) is 1.84. The molecule has 0 saturated heterocycles. The van der Waals surface area contributed by atoms with Gasteiger partial charge in [-0.25, -0.2) is 0 Å². The highest BCUT2D eigenvalue weighted by atomic mass is 28.3. The Morgan fingerprint density at radius 1 is 1.20 bits per heavy atom. The van der Waals surface area contributed by atoms with Gasteiger partial charge >= 0.3 is 0 Å². The molecule has 0 saturated carbocycles. The summed E-state index contributed by atoms with van der Waals surface area (Å²) in [5.74, 6) is 0. The third-order valence-corrected chi connectivity index (χ3v) is 3.67. The summed E-state index contributed by atoms with van der Waals surface area (Å²) in [6.45, 7) is 4.33. The van der Waals surface area contributed by atoms with Gasteiger partial charge in [0.15, 0.2) is 0 Å². The molecule has 0 spiro atoms. The summed E-state index contributed by atoms with van der Waals surface area (Å²) in [5.41, 5.74) is 0. The van der Waals surface area contributed by atoms with E-state index in [1.54, 1.807) is 0 Å². The second-order valence-electron chi connectivity index (χ2n) is 0.781. The molecular weight excluding hydrogens is 96.2 g/mol. The van der Waals surface area contributed by atoms with Gasteiger partial charge in [-0.05, 0) is 0 Å². The van der Waals surface area contributed by atoms with Crippen molar-refractivity contribution in [3.63, 3.8) is 0 Å². The van der Waals surface area contributed by atoms with Crippen molar-refractivity contribution in [2.75, 3.05) is 0 Å². The van der Waals surface area contributed by atoms with Crippen molar-refractivity contribution in [3.05, 3.63) is 0 Å². The largest absolute Gasteiger partial charge is 0.466 e. The van der Waals surface area contributed by atoms with Crippen molar-refractivity contribution in [3.8, 4) is 0 Å². The highest BCUT2D eigenvalue weighted by Crippen LogP contribution is 1.58. The van der Waals surface area contributed by atoms with Gasteiger partial charge in [0.1, 0.15) is 19.5 Å². The van der Waals surface area contributed by atoms with Gasteiger partial charge in [0.25, 0.3) is 0 Å². The van der Waals surface area contributed by atoms with Gasteiger partial charge < -0.3 is 4.12 Å². The minimum Gasteiger partial charge on any atom is -0.466 e. The van der Waals surface area contributed by atoms with Crippen LogP contribution in [-0.4, -0.2) is 19.5 Å². The Balaban J connectivity index is 2.19. The maximum absolute atomic E-state index is 5.11. The van der Waals surface area contributed by atoms with Crippen LogP contribution in [0.15, 0.2) is 0 Å². The first-order chi connectivity index (χ1) is 2.41. The first-order valence-corrected chi connectivity index (χ1v) is 5.97. The van der Waals surface area contributed by atoms with Crippen LogP contribution in [0.25, 0.3) is 0 Å². The molecule has 32 valence electrons. The SMILES string of the molecule is C[SiH2]O[SiH2]C. The average Bonchev–Trinajstić information content (AvgIpc) is 1.41. The third-order valence-electron chi connectivity index (χ3n) is 0.408. The summed E-state index contributed by atoms with van der Waals surface area (Å²) in [7, 11) is -0.0486. The molecule has 0 bridgehead atoms. The van der Waals surface area contributed by atoms with E-state index in [2.05, 4.69) is 13.1 Å². The summed E-state index contributed by atoms with van der Waals surface area (Å²) in [4.78, 5) is 0. The van der Waals surface area contributed by atoms with Crippen LogP contribution in [0.2, 0.25) is 13.1 Å². The van der Waals surface area contributed by atoms with Crippen molar-refractivity contribution in [2.24, 2.45) is 0 Å². The molecule has 0 rings (SSSR count). The van der Waals surface area contributed by atoms with Crippen molar-refractivity contribution in [2.45, 2.75) is 13.1 Å². The van der Waals surface area contributed by atoms with Gasteiger partial charge in [0.05, 0.1) is 0 Å². The second-order valence-corrected chi connectivity index (χ2v) is 3.57. The lowest BCUT2D eigenvalue weighted by atomic mass is 11.9. The van der Waals surface area contributed by atoms with E-state index < -0.39 is 0 Å². The lowest BCUT2D eigenvalue weighted by molar-refractivity contribution is 0.652. The van der Waals surface area contributed by atoms with Gasteiger partial charge in [0.2, 0.25) is 0 Å². The van der Waals surface area contributed by atoms with Crippen LogP contribution in [0.5, 0.6) is 0 Å². The Kier molecular flexibility index (Phi) is 4.74. The van der Waals surface area contributed by atoms with Gasteiger partial charge in [-0.1, -0.05) is 13.1 Å². The Morgan fingerprint density at radius 3 is 1.60 bits per heavy atom. The highest BCUT2D eigenvalue weighted by molar-refractivity contribution is 6.40. The van der Waals surface area contributed by atoms with Crippen LogP contribution in [0, 0.1) is 0 Å². The van der Waals surface area contributed by atoms with E-state index in [9.17, 15) is 0 Å². The lowest BCUT2D eigenvalue weighted by Crippen LogP contribution is -1.92. The molecule has 0 heterocycles. The predicted molar refractivity (Wildman–Crippen MR) is 29.9 cm³/mol. The fourth-order valence-electron chi connectivity index (χ4n) is 0.204. The quantitative estimate of drug-likeness (QED) is 0.422. The maximum atomic E-state index is 5.11. The Hall–Kier alpha value is 0.394. The molecule has 0 aromatic rings. The number of rotatable bonds is 2. The van der Waals surface area contributed by atoms with Crippen molar-refractivity contribution >= 4 is 19.5 Å². The van der Waals surface area contributed by atoms with E-state index in [1.807, 2.05) is 0 Å².